The molecule has 1 fully saturated rings. The summed E-state index contributed by atoms with van der Waals surface area (Å²) in [5.41, 5.74) is 2.66. The first-order valence-corrected chi connectivity index (χ1v) is 8.82. The van der Waals surface area contributed by atoms with Gasteiger partial charge in [-0.05, 0) is 6.92 Å². The smallest absolute Gasteiger partial charge is 0.532 e. The van der Waals surface area contributed by atoms with Gasteiger partial charge in [0, 0.05) is 0 Å². The Bertz CT molecular complexity index is 620. The second kappa shape index (κ2) is 16.9. The molecule has 0 aromatic heterocycles. The van der Waals surface area contributed by atoms with Gasteiger partial charge < -0.3 is 36.3 Å². The zero-order valence-electron chi connectivity index (χ0n) is 18.0. The van der Waals surface area contributed by atoms with E-state index in [4.69, 9.17) is 9.47 Å². The Labute approximate surface area is 197 Å². The molecule has 0 saturated carbocycles. The van der Waals surface area contributed by atoms with Crippen LogP contribution in [-0.4, -0.2) is 19.3 Å². The van der Waals surface area contributed by atoms with Crippen molar-refractivity contribution >= 4 is 0 Å². The monoisotopic (exact) mass is 604 g/mol. The van der Waals surface area contributed by atoms with E-state index in [9.17, 15) is 0 Å². The van der Waals surface area contributed by atoms with Crippen molar-refractivity contribution in [2.24, 2.45) is 0 Å². The standard InChI is InChI=1S/C13H15O2.C10H13.2CH3.U/c1-11(14-9-13-10-15-13)7-8-12-5-3-2-4-6-12;1-9(2)8-10-6-4-3-5-7-10;;;/h2-6,13H,8-10H2,1H3;3-7H,8H2,1-2H3;2*1H3;/q4*-1;+4. The summed E-state index contributed by atoms with van der Waals surface area (Å²) in [7, 11) is 0. The number of benzene rings is 2. The summed E-state index contributed by atoms with van der Waals surface area (Å²) in [5, 5.41) is 0. The Balaban J connectivity index is 0. The first kappa shape index (κ1) is 29.2. The quantitative estimate of drug-likeness (QED) is 0.217. The summed E-state index contributed by atoms with van der Waals surface area (Å²) in [6.45, 7) is 7.75. The van der Waals surface area contributed by atoms with Crippen molar-refractivity contribution in [1.82, 2.24) is 0 Å². The van der Waals surface area contributed by atoms with E-state index in [0.29, 0.717) is 12.7 Å². The minimum Gasteiger partial charge on any atom is -0.532 e. The van der Waals surface area contributed by atoms with Crippen LogP contribution in [0.3, 0.4) is 0 Å². The summed E-state index contributed by atoms with van der Waals surface area (Å²) in [6, 6.07) is 20.8. The van der Waals surface area contributed by atoms with Crippen molar-refractivity contribution in [3.63, 3.8) is 0 Å². The van der Waals surface area contributed by atoms with Crippen molar-refractivity contribution in [1.29, 1.82) is 0 Å². The molecule has 3 rings (SSSR count). The number of ether oxygens (including phenoxy) is 2. The minimum atomic E-state index is 0. The van der Waals surface area contributed by atoms with Gasteiger partial charge in [0.25, 0.3) is 0 Å². The maximum Gasteiger partial charge on any atom is 4.00 e. The van der Waals surface area contributed by atoms with E-state index in [2.05, 4.69) is 62.4 Å². The van der Waals surface area contributed by atoms with Crippen LogP contribution < -0.4 is 0 Å². The van der Waals surface area contributed by atoms with Crippen LogP contribution in [-0.2, 0) is 22.3 Å². The summed E-state index contributed by atoms with van der Waals surface area (Å²) in [4.78, 5) is 0. The second-order valence-corrected chi connectivity index (χ2v) is 6.53. The maximum absolute atomic E-state index is 5.47. The number of hydrogen-bond acceptors (Lipinski definition) is 2. The normalized spacial score (nSPS) is 14.4. The molecule has 1 aliphatic heterocycles. The van der Waals surface area contributed by atoms with E-state index in [0.717, 1.165) is 25.2 Å². The van der Waals surface area contributed by atoms with Crippen molar-refractivity contribution in [3.05, 3.63) is 104 Å². The zero-order valence-corrected chi connectivity index (χ0v) is 22.2. The van der Waals surface area contributed by atoms with E-state index in [1.54, 1.807) is 0 Å². The first-order chi connectivity index (χ1) is 12.1. The van der Waals surface area contributed by atoms with Crippen molar-refractivity contribution < 1.29 is 40.6 Å². The van der Waals surface area contributed by atoms with Gasteiger partial charge in [-0.15, -0.1) is 0 Å². The summed E-state index contributed by atoms with van der Waals surface area (Å²) in [6.07, 6.45) is 5.45. The molecule has 1 atom stereocenters. The van der Waals surface area contributed by atoms with Gasteiger partial charge in [-0.3, -0.25) is 0 Å². The second-order valence-electron chi connectivity index (χ2n) is 6.53. The number of hydrogen-bond donors (Lipinski definition) is 0. The van der Waals surface area contributed by atoms with E-state index >= 15 is 0 Å². The molecule has 28 heavy (non-hydrogen) atoms. The van der Waals surface area contributed by atoms with Crippen LogP contribution in [0.25, 0.3) is 0 Å². The van der Waals surface area contributed by atoms with Crippen molar-refractivity contribution in [2.45, 2.75) is 39.7 Å². The van der Waals surface area contributed by atoms with Gasteiger partial charge in [0.15, 0.2) is 0 Å². The molecule has 3 heteroatoms. The van der Waals surface area contributed by atoms with Gasteiger partial charge in [0.05, 0.1) is 6.61 Å². The third kappa shape index (κ3) is 14.1. The molecule has 0 spiro atoms. The van der Waals surface area contributed by atoms with E-state index in [1.165, 1.54) is 17.0 Å². The van der Waals surface area contributed by atoms with Crippen LogP contribution >= 0.6 is 0 Å². The van der Waals surface area contributed by atoms with Crippen LogP contribution in [0.1, 0.15) is 31.9 Å². The topological polar surface area (TPSA) is 21.8 Å². The fraction of sp³-hybridized carbons (Fsp3) is 0.320. The predicted molar refractivity (Wildman–Crippen MR) is 116 cm³/mol. The van der Waals surface area contributed by atoms with Crippen LogP contribution in [0.5, 0.6) is 0 Å². The zero-order chi connectivity index (χ0) is 17.9. The minimum absolute atomic E-state index is 0. The molecular formula is C25H34O2U. The molecule has 1 heterocycles. The SMILES string of the molecule is CC(=[C-]Cc1ccccc1)OCC1CO1.C[C-](C)Cc1ccccc1.[CH3-].[CH3-].[U+4]. The van der Waals surface area contributed by atoms with Crippen LogP contribution in [0, 0.1) is 58.0 Å². The van der Waals surface area contributed by atoms with Gasteiger partial charge in [-0.1, -0.05) is 77.5 Å². The average molecular weight is 605 g/mol. The molecule has 1 aliphatic rings. The Morgan fingerprint density at radius 2 is 1.50 bits per heavy atom. The number of allylic oxidation sites excluding steroid dienone is 2. The fourth-order valence-corrected chi connectivity index (χ4v) is 2.26. The number of epoxide rings is 1. The van der Waals surface area contributed by atoms with Gasteiger partial charge in [-0.2, -0.15) is 26.7 Å². The van der Waals surface area contributed by atoms with Crippen LogP contribution in [0.4, 0.5) is 0 Å². The molecule has 0 amide bonds. The molecule has 2 aromatic carbocycles. The molecule has 2 aromatic rings. The summed E-state index contributed by atoms with van der Waals surface area (Å²) < 4.78 is 10.5. The first-order valence-electron chi connectivity index (χ1n) is 8.82. The Morgan fingerprint density at radius 3 is 1.96 bits per heavy atom. The van der Waals surface area contributed by atoms with Gasteiger partial charge >= 0.3 is 31.1 Å². The van der Waals surface area contributed by atoms with Crippen molar-refractivity contribution in [2.75, 3.05) is 13.2 Å². The van der Waals surface area contributed by atoms with Crippen LogP contribution in [0.2, 0.25) is 0 Å². The molecule has 0 bridgehead atoms. The van der Waals surface area contributed by atoms with Gasteiger partial charge in [-0.25, -0.2) is 0 Å². The fourth-order valence-electron chi connectivity index (χ4n) is 2.26. The largest absolute Gasteiger partial charge is 4.00 e. The predicted octanol–water partition coefficient (Wildman–Crippen LogP) is 6.10. The third-order valence-corrected chi connectivity index (χ3v) is 3.67. The average Bonchev–Trinajstić information content (AvgIpc) is 3.44. The van der Waals surface area contributed by atoms with Gasteiger partial charge in [0.1, 0.15) is 12.7 Å². The Morgan fingerprint density at radius 1 is 1.00 bits per heavy atom. The van der Waals surface area contributed by atoms with E-state index < -0.39 is 0 Å². The van der Waals surface area contributed by atoms with Gasteiger partial charge in [0.2, 0.25) is 0 Å². The molecule has 150 valence electrons. The summed E-state index contributed by atoms with van der Waals surface area (Å²) in [5.74, 6) is 2.32. The molecule has 0 radical (unpaired) electrons. The molecule has 1 saturated heterocycles. The maximum atomic E-state index is 5.47. The third-order valence-electron chi connectivity index (χ3n) is 3.67. The molecule has 1 unspecified atom stereocenters. The van der Waals surface area contributed by atoms with E-state index in [-0.39, 0.29) is 46.0 Å². The molecule has 0 N–H and O–H groups in total. The molecule has 2 nitrogen and oxygen atoms in total. The number of rotatable bonds is 7. The van der Waals surface area contributed by atoms with Crippen LogP contribution in [0.15, 0.2) is 66.4 Å². The van der Waals surface area contributed by atoms with Crippen molar-refractivity contribution in [3.8, 4) is 0 Å². The van der Waals surface area contributed by atoms with E-state index in [1.807, 2.05) is 25.1 Å². The Hall–Kier alpha value is -1.01. The molecule has 0 aliphatic carbocycles. The Kier molecular flexibility index (Phi) is 17.6. The molecular weight excluding hydrogens is 570 g/mol. The summed E-state index contributed by atoms with van der Waals surface area (Å²) >= 11 is 0.